The Balaban J connectivity index is 2.28. The molecule has 0 saturated heterocycles. The molecular weight excluding hydrogens is 252 g/mol. The Morgan fingerprint density at radius 3 is 2.15 bits per heavy atom. The van der Waals surface area contributed by atoms with Gasteiger partial charge in [0.2, 0.25) is 0 Å². The second-order valence-electron chi connectivity index (χ2n) is 5.68. The van der Waals surface area contributed by atoms with Gasteiger partial charge in [0.05, 0.1) is 5.56 Å². The third-order valence-electron chi connectivity index (χ3n) is 3.02. The standard InChI is InChI=1S/C17H18O3/c1-17(2,3)14-6-4-5-7-15(14)20-13-10-8-12(9-11-13)16(18)19/h4-11H,1-3H3,(H,18,19). The van der Waals surface area contributed by atoms with Crippen LogP contribution < -0.4 is 4.74 Å². The van der Waals surface area contributed by atoms with Crippen LogP contribution >= 0.6 is 0 Å². The van der Waals surface area contributed by atoms with Crippen molar-refractivity contribution in [2.24, 2.45) is 0 Å². The van der Waals surface area contributed by atoms with Gasteiger partial charge in [-0.2, -0.15) is 0 Å². The highest BCUT2D eigenvalue weighted by Crippen LogP contribution is 2.33. The van der Waals surface area contributed by atoms with E-state index in [2.05, 4.69) is 20.8 Å². The van der Waals surface area contributed by atoms with Gasteiger partial charge >= 0.3 is 5.97 Å². The molecule has 0 aromatic heterocycles. The van der Waals surface area contributed by atoms with E-state index >= 15 is 0 Å². The maximum atomic E-state index is 10.8. The van der Waals surface area contributed by atoms with Crippen molar-refractivity contribution in [1.82, 2.24) is 0 Å². The first-order valence-electron chi connectivity index (χ1n) is 6.48. The van der Waals surface area contributed by atoms with Crippen LogP contribution in [0.5, 0.6) is 11.5 Å². The zero-order valence-corrected chi connectivity index (χ0v) is 11.9. The number of hydrogen-bond donors (Lipinski definition) is 1. The first kappa shape index (κ1) is 14.1. The van der Waals surface area contributed by atoms with Crippen LogP contribution in [0.4, 0.5) is 0 Å². The number of hydrogen-bond acceptors (Lipinski definition) is 2. The van der Waals surface area contributed by atoms with Crippen molar-refractivity contribution in [1.29, 1.82) is 0 Å². The Labute approximate surface area is 118 Å². The summed E-state index contributed by atoms with van der Waals surface area (Å²) >= 11 is 0. The molecule has 3 nitrogen and oxygen atoms in total. The summed E-state index contributed by atoms with van der Waals surface area (Å²) < 4.78 is 5.88. The molecule has 0 fully saturated rings. The molecular formula is C17H18O3. The lowest BCUT2D eigenvalue weighted by Crippen LogP contribution is -2.12. The van der Waals surface area contributed by atoms with Crippen molar-refractivity contribution in [3.05, 3.63) is 59.7 Å². The van der Waals surface area contributed by atoms with E-state index in [0.29, 0.717) is 5.75 Å². The first-order chi connectivity index (χ1) is 9.38. The molecule has 104 valence electrons. The summed E-state index contributed by atoms with van der Waals surface area (Å²) in [6.45, 7) is 6.38. The fraction of sp³-hybridized carbons (Fsp3) is 0.235. The van der Waals surface area contributed by atoms with Gasteiger partial charge in [0.15, 0.2) is 0 Å². The summed E-state index contributed by atoms with van der Waals surface area (Å²) in [7, 11) is 0. The quantitative estimate of drug-likeness (QED) is 0.894. The number of aromatic carboxylic acids is 1. The number of benzene rings is 2. The molecule has 0 saturated carbocycles. The lowest BCUT2D eigenvalue weighted by molar-refractivity contribution is 0.0697. The second kappa shape index (κ2) is 5.37. The summed E-state index contributed by atoms with van der Waals surface area (Å²) in [6.07, 6.45) is 0. The predicted molar refractivity (Wildman–Crippen MR) is 78.6 cm³/mol. The van der Waals surface area contributed by atoms with Crippen molar-refractivity contribution in [3.63, 3.8) is 0 Å². The largest absolute Gasteiger partial charge is 0.478 e. The Kier molecular flexibility index (Phi) is 3.79. The Bertz CT molecular complexity index is 607. The zero-order chi connectivity index (χ0) is 14.8. The molecule has 2 rings (SSSR count). The highest BCUT2D eigenvalue weighted by atomic mass is 16.5. The van der Waals surface area contributed by atoms with Gasteiger partial charge in [-0.25, -0.2) is 4.79 Å². The molecule has 0 amide bonds. The minimum atomic E-state index is -0.938. The lowest BCUT2D eigenvalue weighted by atomic mass is 9.86. The molecule has 0 aliphatic rings. The number of carboxylic acids is 1. The van der Waals surface area contributed by atoms with E-state index in [-0.39, 0.29) is 11.0 Å². The van der Waals surface area contributed by atoms with Gasteiger partial charge in [-0.3, -0.25) is 0 Å². The van der Waals surface area contributed by atoms with Gasteiger partial charge in [0.1, 0.15) is 11.5 Å². The van der Waals surface area contributed by atoms with E-state index in [0.717, 1.165) is 11.3 Å². The molecule has 0 aliphatic heterocycles. The number of carboxylic acid groups (broad SMARTS) is 1. The van der Waals surface area contributed by atoms with Crippen molar-refractivity contribution in [3.8, 4) is 11.5 Å². The van der Waals surface area contributed by atoms with Crippen LogP contribution in [0.15, 0.2) is 48.5 Å². The molecule has 0 unspecified atom stereocenters. The van der Waals surface area contributed by atoms with Crippen molar-refractivity contribution < 1.29 is 14.6 Å². The van der Waals surface area contributed by atoms with Gasteiger partial charge in [0, 0.05) is 5.56 Å². The van der Waals surface area contributed by atoms with Gasteiger partial charge in [0.25, 0.3) is 0 Å². The minimum Gasteiger partial charge on any atom is -0.478 e. The molecule has 0 atom stereocenters. The second-order valence-corrected chi connectivity index (χ2v) is 5.68. The lowest BCUT2D eigenvalue weighted by Gasteiger charge is -2.22. The third kappa shape index (κ3) is 3.18. The number of para-hydroxylation sites is 1. The third-order valence-corrected chi connectivity index (χ3v) is 3.02. The molecule has 0 radical (unpaired) electrons. The van der Waals surface area contributed by atoms with Gasteiger partial charge in [-0.15, -0.1) is 0 Å². The summed E-state index contributed by atoms with van der Waals surface area (Å²) in [6, 6.07) is 14.3. The topological polar surface area (TPSA) is 46.5 Å². The van der Waals surface area contributed by atoms with E-state index in [1.807, 2.05) is 24.3 Å². The van der Waals surface area contributed by atoms with E-state index in [9.17, 15) is 4.79 Å². The van der Waals surface area contributed by atoms with Crippen molar-refractivity contribution in [2.75, 3.05) is 0 Å². The molecule has 0 aliphatic carbocycles. The van der Waals surface area contributed by atoms with Gasteiger partial charge < -0.3 is 9.84 Å². The maximum Gasteiger partial charge on any atom is 0.335 e. The highest BCUT2D eigenvalue weighted by molar-refractivity contribution is 5.87. The molecule has 3 heteroatoms. The molecule has 0 heterocycles. The van der Waals surface area contributed by atoms with Crippen LogP contribution in [0.3, 0.4) is 0 Å². The van der Waals surface area contributed by atoms with E-state index in [1.54, 1.807) is 12.1 Å². The molecule has 0 bridgehead atoms. The molecule has 1 N–H and O–H groups in total. The average molecular weight is 270 g/mol. The Morgan fingerprint density at radius 1 is 1.00 bits per heavy atom. The first-order valence-corrected chi connectivity index (χ1v) is 6.48. The smallest absolute Gasteiger partial charge is 0.335 e. The van der Waals surface area contributed by atoms with Gasteiger partial charge in [-0.05, 0) is 35.7 Å². The number of carbonyl (C=O) groups is 1. The van der Waals surface area contributed by atoms with Crippen molar-refractivity contribution in [2.45, 2.75) is 26.2 Å². The van der Waals surface area contributed by atoms with Crippen LogP contribution in [0.2, 0.25) is 0 Å². The Hall–Kier alpha value is -2.29. The molecule has 20 heavy (non-hydrogen) atoms. The van der Waals surface area contributed by atoms with Crippen LogP contribution in [-0.4, -0.2) is 11.1 Å². The summed E-state index contributed by atoms with van der Waals surface area (Å²) in [5.41, 5.74) is 1.35. The number of rotatable bonds is 3. The fourth-order valence-corrected chi connectivity index (χ4v) is 1.97. The minimum absolute atomic E-state index is 0.0163. The van der Waals surface area contributed by atoms with Crippen LogP contribution in [0.1, 0.15) is 36.7 Å². The monoisotopic (exact) mass is 270 g/mol. The summed E-state index contributed by atoms with van der Waals surface area (Å²) in [5, 5.41) is 8.88. The average Bonchev–Trinajstić information content (AvgIpc) is 2.38. The highest BCUT2D eigenvalue weighted by Gasteiger charge is 2.18. The number of ether oxygens (including phenoxy) is 1. The molecule has 0 spiro atoms. The zero-order valence-electron chi connectivity index (χ0n) is 11.9. The maximum absolute atomic E-state index is 10.8. The fourth-order valence-electron chi connectivity index (χ4n) is 1.97. The van der Waals surface area contributed by atoms with E-state index in [1.165, 1.54) is 12.1 Å². The predicted octanol–water partition coefficient (Wildman–Crippen LogP) is 4.47. The van der Waals surface area contributed by atoms with Gasteiger partial charge in [-0.1, -0.05) is 39.0 Å². The molecule has 2 aromatic carbocycles. The molecule has 2 aromatic rings. The summed E-state index contributed by atoms with van der Waals surface area (Å²) in [5.74, 6) is 0.487. The van der Waals surface area contributed by atoms with E-state index < -0.39 is 5.97 Å². The Morgan fingerprint density at radius 2 is 1.60 bits per heavy atom. The van der Waals surface area contributed by atoms with Crippen molar-refractivity contribution >= 4 is 5.97 Å². The van der Waals surface area contributed by atoms with E-state index in [4.69, 9.17) is 9.84 Å². The summed E-state index contributed by atoms with van der Waals surface area (Å²) in [4.78, 5) is 10.8. The SMILES string of the molecule is CC(C)(C)c1ccccc1Oc1ccc(C(=O)O)cc1. The van der Waals surface area contributed by atoms with Crippen LogP contribution in [0, 0.1) is 0 Å². The van der Waals surface area contributed by atoms with Crippen LogP contribution in [0.25, 0.3) is 0 Å². The van der Waals surface area contributed by atoms with Crippen LogP contribution in [-0.2, 0) is 5.41 Å². The normalized spacial score (nSPS) is 11.2.